The van der Waals surface area contributed by atoms with Gasteiger partial charge < -0.3 is 15.5 Å². The van der Waals surface area contributed by atoms with Crippen LogP contribution >= 0.6 is 0 Å². The number of aliphatic hydroxyl groups is 2. The Morgan fingerprint density at radius 2 is 1.45 bits per heavy atom. The zero-order valence-electron chi connectivity index (χ0n) is 16.3. The predicted octanol–water partition coefficient (Wildman–Crippen LogP) is 2.86. The van der Waals surface area contributed by atoms with Crippen molar-refractivity contribution in [3.63, 3.8) is 0 Å². The maximum atomic E-state index is 10.2. The van der Waals surface area contributed by atoms with Crippen LogP contribution in [0.15, 0.2) is 54.6 Å². The number of benzene rings is 3. The molecule has 156 valence electrons. The standard InChI is InChI=1S/C21H23NO2.CH4O3S/c23-19-10-5-11-20(24)21(19)22-13-15-12-14-6-1-2-7-16(14)18-9-4-3-8-17(15)18;1-5(2,3)4/h1-4,6-9,12,19-24H,5,10-11,13H2;1H3,(H,2,3,4)/t19-,20+,21+;. The number of hydrogen-bond donors (Lipinski definition) is 4. The van der Waals surface area contributed by atoms with Gasteiger partial charge in [-0.2, -0.15) is 8.42 Å². The van der Waals surface area contributed by atoms with Crippen molar-refractivity contribution in [1.82, 2.24) is 5.32 Å². The first kappa shape index (κ1) is 21.7. The van der Waals surface area contributed by atoms with Crippen LogP contribution < -0.4 is 5.32 Å². The molecule has 6 nitrogen and oxygen atoms in total. The highest BCUT2D eigenvalue weighted by atomic mass is 32.2. The van der Waals surface area contributed by atoms with Crippen molar-refractivity contribution in [3.05, 3.63) is 60.2 Å². The molecule has 3 aromatic rings. The van der Waals surface area contributed by atoms with Crippen molar-refractivity contribution in [2.24, 2.45) is 0 Å². The molecule has 0 saturated heterocycles. The third-order valence-electron chi connectivity index (χ3n) is 5.21. The first-order chi connectivity index (χ1) is 13.7. The Bertz CT molecular complexity index is 1060. The number of fused-ring (bicyclic) bond motifs is 3. The van der Waals surface area contributed by atoms with E-state index in [0.29, 0.717) is 12.8 Å². The second kappa shape index (κ2) is 9.19. The Balaban J connectivity index is 0.000000431. The van der Waals surface area contributed by atoms with Crippen molar-refractivity contribution in [3.8, 4) is 0 Å². The zero-order chi connectivity index (χ0) is 21.0. The van der Waals surface area contributed by atoms with Crippen LogP contribution in [0, 0.1) is 0 Å². The third kappa shape index (κ3) is 5.74. The summed E-state index contributed by atoms with van der Waals surface area (Å²) < 4.78 is 25.9. The lowest BCUT2D eigenvalue weighted by atomic mass is 9.89. The van der Waals surface area contributed by atoms with E-state index in [4.69, 9.17) is 4.55 Å². The molecular formula is C22H27NO5S. The van der Waals surface area contributed by atoms with Crippen LogP contribution in [-0.2, 0) is 16.7 Å². The maximum absolute atomic E-state index is 10.2. The smallest absolute Gasteiger partial charge is 0.261 e. The van der Waals surface area contributed by atoms with Gasteiger partial charge >= 0.3 is 0 Å². The van der Waals surface area contributed by atoms with E-state index in [1.165, 1.54) is 27.1 Å². The highest BCUT2D eigenvalue weighted by molar-refractivity contribution is 7.85. The van der Waals surface area contributed by atoms with Crippen molar-refractivity contribution < 1.29 is 23.2 Å². The van der Waals surface area contributed by atoms with E-state index in [2.05, 4.69) is 59.9 Å². The summed E-state index contributed by atoms with van der Waals surface area (Å²) in [6, 6.07) is 18.8. The van der Waals surface area contributed by atoms with Crippen LogP contribution in [0.25, 0.3) is 21.5 Å². The van der Waals surface area contributed by atoms with Crippen LogP contribution in [0.2, 0.25) is 0 Å². The van der Waals surface area contributed by atoms with Gasteiger partial charge in [0.15, 0.2) is 0 Å². The molecule has 1 fully saturated rings. The van der Waals surface area contributed by atoms with Crippen LogP contribution in [0.3, 0.4) is 0 Å². The fourth-order valence-electron chi connectivity index (χ4n) is 3.93. The summed E-state index contributed by atoms with van der Waals surface area (Å²) in [4.78, 5) is 0. The monoisotopic (exact) mass is 417 g/mol. The Hall–Kier alpha value is -2.03. The fraction of sp³-hybridized carbons (Fsp3) is 0.364. The van der Waals surface area contributed by atoms with Crippen molar-refractivity contribution in [2.45, 2.75) is 44.1 Å². The average Bonchev–Trinajstić information content (AvgIpc) is 2.66. The van der Waals surface area contributed by atoms with Crippen molar-refractivity contribution in [2.75, 3.05) is 6.26 Å². The second-order valence-electron chi connectivity index (χ2n) is 7.51. The quantitative estimate of drug-likeness (QED) is 0.386. The molecule has 0 spiro atoms. The zero-order valence-corrected chi connectivity index (χ0v) is 17.1. The molecule has 1 aliphatic carbocycles. The summed E-state index contributed by atoms with van der Waals surface area (Å²) >= 11 is 0. The summed E-state index contributed by atoms with van der Waals surface area (Å²) in [5.74, 6) is 0. The summed E-state index contributed by atoms with van der Waals surface area (Å²) in [5, 5.41) is 28.7. The molecule has 4 rings (SSSR count). The lowest BCUT2D eigenvalue weighted by molar-refractivity contribution is 0.000915. The van der Waals surface area contributed by atoms with Gasteiger partial charge in [-0.3, -0.25) is 4.55 Å². The third-order valence-corrected chi connectivity index (χ3v) is 5.21. The molecule has 1 aliphatic rings. The molecule has 1 saturated carbocycles. The number of aliphatic hydroxyl groups excluding tert-OH is 2. The van der Waals surface area contributed by atoms with Gasteiger partial charge in [-0.05, 0) is 52.4 Å². The minimum atomic E-state index is -3.67. The molecule has 4 N–H and O–H groups in total. The summed E-state index contributed by atoms with van der Waals surface area (Å²) in [5.41, 5.74) is 1.20. The highest BCUT2D eigenvalue weighted by Crippen LogP contribution is 2.29. The molecule has 0 heterocycles. The van der Waals surface area contributed by atoms with Gasteiger partial charge in [-0.1, -0.05) is 48.5 Å². The van der Waals surface area contributed by atoms with E-state index < -0.39 is 22.3 Å². The van der Waals surface area contributed by atoms with Crippen LogP contribution in [0.4, 0.5) is 0 Å². The molecule has 3 aromatic carbocycles. The molecule has 0 amide bonds. The van der Waals surface area contributed by atoms with Gasteiger partial charge in [0, 0.05) is 6.54 Å². The SMILES string of the molecule is CS(=O)(=O)O.O[C@@H]1CCC[C@H](O)[C@H]1NCc1cc2ccccc2c2ccccc12. The summed E-state index contributed by atoms with van der Waals surface area (Å²) in [7, 11) is -3.67. The van der Waals surface area contributed by atoms with Crippen molar-refractivity contribution in [1.29, 1.82) is 0 Å². The topological polar surface area (TPSA) is 107 Å². The van der Waals surface area contributed by atoms with Gasteiger partial charge in [-0.25, -0.2) is 0 Å². The molecule has 3 atom stereocenters. The van der Waals surface area contributed by atoms with E-state index in [1.807, 2.05) is 0 Å². The van der Waals surface area contributed by atoms with Crippen LogP contribution in [0.1, 0.15) is 24.8 Å². The molecule has 0 aliphatic heterocycles. The largest absolute Gasteiger partial charge is 0.391 e. The van der Waals surface area contributed by atoms with Gasteiger partial charge in [0.05, 0.1) is 24.5 Å². The van der Waals surface area contributed by atoms with Crippen LogP contribution in [-0.4, -0.2) is 47.7 Å². The lowest BCUT2D eigenvalue weighted by Gasteiger charge is -2.33. The minimum absolute atomic E-state index is 0.246. The van der Waals surface area contributed by atoms with E-state index in [9.17, 15) is 18.6 Å². The first-order valence-corrected chi connectivity index (χ1v) is 11.5. The summed E-state index contributed by atoms with van der Waals surface area (Å²) in [6.07, 6.45) is 2.17. The van der Waals surface area contributed by atoms with Gasteiger partial charge in [0.1, 0.15) is 0 Å². The highest BCUT2D eigenvalue weighted by Gasteiger charge is 2.30. The van der Waals surface area contributed by atoms with Crippen LogP contribution in [0.5, 0.6) is 0 Å². The van der Waals surface area contributed by atoms with E-state index in [-0.39, 0.29) is 6.04 Å². The lowest BCUT2D eigenvalue weighted by Crippen LogP contribution is -2.50. The molecule has 7 heteroatoms. The Kier molecular flexibility index (Phi) is 6.87. The van der Waals surface area contributed by atoms with Gasteiger partial charge in [0.25, 0.3) is 10.1 Å². The van der Waals surface area contributed by atoms with E-state index in [1.54, 1.807) is 0 Å². The average molecular weight is 418 g/mol. The Morgan fingerprint density at radius 1 is 0.931 bits per heavy atom. The fourth-order valence-corrected chi connectivity index (χ4v) is 3.93. The normalized spacial score (nSPS) is 22.3. The van der Waals surface area contributed by atoms with E-state index >= 15 is 0 Å². The van der Waals surface area contributed by atoms with Crippen molar-refractivity contribution >= 4 is 31.7 Å². The molecule has 0 aromatic heterocycles. The second-order valence-corrected chi connectivity index (χ2v) is 8.97. The van der Waals surface area contributed by atoms with Gasteiger partial charge in [-0.15, -0.1) is 0 Å². The first-order valence-electron chi connectivity index (χ1n) is 9.65. The number of rotatable bonds is 3. The molecule has 29 heavy (non-hydrogen) atoms. The Morgan fingerprint density at radius 3 is 2.07 bits per heavy atom. The minimum Gasteiger partial charge on any atom is -0.391 e. The van der Waals surface area contributed by atoms with Gasteiger partial charge in [0.2, 0.25) is 0 Å². The molecule has 0 bridgehead atoms. The summed E-state index contributed by atoms with van der Waals surface area (Å²) in [6.45, 7) is 0.643. The number of hydrogen-bond acceptors (Lipinski definition) is 5. The molecule has 0 radical (unpaired) electrons. The molecule has 0 unspecified atom stereocenters. The van der Waals surface area contributed by atoms with E-state index in [0.717, 1.165) is 19.3 Å². The Labute approximate surface area is 170 Å². The maximum Gasteiger partial charge on any atom is 0.261 e. The number of nitrogens with one attached hydrogen (secondary N) is 1. The molecular weight excluding hydrogens is 390 g/mol. The predicted molar refractivity (Wildman–Crippen MR) is 115 cm³/mol.